The van der Waals surface area contributed by atoms with Gasteiger partial charge in [0.15, 0.2) is 6.10 Å². The molecule has 3 rings (SSSR count). The van der Waals surface area contributed by atoms with Crippen LogP contribution in [0.3, 0.4) is 0 Å². The summed E-state index contributed by atoms with van der Waals surface area (Å²) in [7, 11) is 1.60. The fourth-order valence-electron chi connectivity index (χ4n) is 3.49. The van der Waals surface area contributed by atoms with E-state index in [9.17, 15) is 9.59 Å². The monoisotopic (exact) mass is 410 g/mol. The van der Waals surface area contributed by atoms with Gasteiger partial charge in [0.05, 0.1) is 7.11 Å². The average molecular weight is 411 g/mol. The summed E-state index contributed by atoms with van der Waals surface area (Å²) in [4.78, 5) is 29.0. The quantitative estimate of drug-likeness (QED) is 0.731. The number of methoxy groups -OCH3 is 1. The minimum absolute atomic E-state index is 0.0284. The number of amides is 2. The van der Waals surface area contributed by atoms with Gasteiger partial charge < -0.3 is 19.3 Å². The predicted molar refractivity (Wildman–Crippen MR) is 116 cm³/mol. The molecule has 0 radical (unpaired) electrons. The number of benzene rings is 2. The van der Waals surface area contributed by atoms with Gasteiger partial charge in [-0.25, -0.2) is 0 Å². The van der Waals surface area contributed by atoms with Gasteiger partial charge >= 0.3 is 0 Å². The number of hydrogen-bond acceptors (Lipinski definition) is 4. The highest BCUT2D eigenvalue weighted by Gasteiger charge is 2.28. The highest BCUT2D eigenvalue weighted by atomic mass is 16.5. The molecule has 0 N–H and O–H groups in total. The number of rotatable bonds is 6. The van der Waals surface area contributed by atoms with E-state index in [-0.39, 0.29) is 11.8 Å². The molecular weight excluding hydrogens is 380 g/mol. The molecule has 1 saturated heterocycles. The molecule has 6 nitrogen and oxygen atoms in total. The Morgan fingerprint density at radius 3 is 1.87 bits per heavy atom. The minimum atomic E-state index is -0.571. The van der Waals surface area contributed by atoms with Crippen LogP contribution in [0, 0.1) is 0 Å². The topological polar surface area (TPSA) is 59.1 Å². The zero-order chi connectivity index (χ0) is 21.7. The van der Waals surface area contributed by atoms with E-state index in [1.54, 1.807) is 48.1 Å². The number of carbonyl (C=O) groups is 2. The van der Waals surface area contributed by atoms with E-state index in [0.29, 0.717) is 43.4 Å². The third-order valence-corrected chi connectivity index (χ3v) is 5.42. The van der Waals surface area contributed by atoms with E-state index in [1.165, 1.54) is 5.56 Å². The van der Waals surface area contributed by atoms with Crippen LogP contribution < -0.4 is 9.47 Å². The summed E-state index contributed by atoms with van der Waals surface area (Å²) >= 11 is 0. The molecule has 1 unspecified atom stereocenters. The Hall–Kier alpha value is -3.02. The van der Waals surface area contributed by atoms with Crippen LogP contribution in [-0.4, -0.2) is 61.0 Å². The van der Waals surface area contributed by atoms with Gasteiger partial charge in [0.1, 0.15) is 11.5 Å². The molecule has 0 aliphatic carbocycles. The van der Waals surface area contributed by atoms with Crippen molar-refractivity contribution in [3.8, 4) is 11.5 Å². The van der Waals surface area contributed by atoms with Gasteiger partial charge in [-0.3, -0.25) is 9.59 Å². The van der Waals surface area contributed by atoms with Crippen LogP contribution in [0.1, 0.15) is 42.6 Å². The van der Waals surface area contributed by atoms with E-state index in [0.717, 1.165) is 5.75 Å². The normalized spacial score (nSPS) is 15.1. The van der Waals surface area contributed by atoms with Crippen LogP contribution in [-0.2, 0) is 4.79 Å². The second kappa shape index (κ2) is 9.65. The number of nitrogens with zero attached hydrogens (tertiary/aromatic N) is 2. The first kappa shape index (κ1) is 21.7. The molecule has 1 heterocycles. The van der Waals surface area contributed by atoms with Crippen LogP contribution in [0.4, 0.5) is 0 Å². The Balaban J connectivity index is 1.52. The fraction of sp³-hybridized carbons (Fsp3) is 0.417. The zero-order valence-electron chi connectivity index (χ0n) is 18.1. The van der Waals surface area contributed by atoms with Crippen molar-refractivity contribution >= 4 is 11.8 Å². The number of piperazine rings is 1. The molecule has 2 aromatic rings. The number of ether oxygens (including phenoxy) is 2. The average Bonchev–Trinajstić information content (AvgIpc) is 2.78. The van der Waals surface area contributed by atoms with Crippen molar-refractivity contribution in [3.05, 3.63) is 59.7 Å². The summed E-state index contributed by atoms with van der Waals surface area (Å²) in [6.07, 6.45) is -0.571. The second-order valence-electron chi connectivity index (χ2n) is 7.83. The highest BCUT2D eigenvalue weighted by molar-refractivity contribution is 5.94. The Morgan fingerprint density at radius 2 is 1.33 bits per heavy atom. The lowest BCUT2D eigenvalue weighted by molar-refractivity contribution is -0.139. The Morgan fingerprint density at radius 1 is 0.800 bits per heavy atom. The third kappa shape index (κ3) is 5.12. The lowest BCUT2D eigenvalue weighted by atomic mass is 10.0. The summed E-state index contributed by atoms with van der Waals surface area (Å²) in [6, 6.07) is 15.0. The first-order chi connectivity index (χ1) is 14.4. The molecule has 0 bridgehead atoms. The SMILES string of the molecule is COc1ccc(C(=O)N2CCN(C(=O)C(C)Oc3ccc(C(C)C)cc3)CC2)cc1. The van der Waals surface area contributed by atoms with Crippen molar-refractivity contribution in [2.75, 3.05) is 33.3 Å². The second-order valence-corrected chi connectivity index (χ2v) is 7.83. The Kier molecular flexibility index (Phi) is 6.98. The molecule has 1 aliphatic heterocycles. The molecule has 30 heavy (non-hydrogen) atoms. The maximum atomic E-state index is 12.8. The van der Waals surface area contributed by atoms with Gasteiger partial charge in [0.2, 0.25) is 0 Å². The van der Waals surface area contributed by atoms with Crippen molar-refractivity contribution in [2.45, 2.75) is 32.8 Å². The molecule has 0 aromatic heterocycles. The van der Waals surface area contributed by atoms with Gasteiger partial charge in [0.25, 0.3) is 11.8 Å². The number of carbonyl (C=O) groups excluding carboxylic acids is 2. The van der Waals surface area contributed by atoms with Gasteiger partial charge in [-0.05, 0) is 54.8 Å². The van der Waals surface area contributed by atoms with Crippen LogP contribution in [0.15, 0.2) is 48.5 Å². The fourth-order valence-corrected chi connectivity index (χ4v) is 3.49. The van der Waals surface area contributed by atoms with Crippen molar-refractivity contribution in [1.29, 1.82) is 0 Å². The highest BCUT2D eigenvalue weighted by Crippen LogP contribution is 2.20. The Bertz CT molecular complexity index is 854. The Labute approximate surface area is 178 Å². The standard InChI is InChI=1S/C24H30N2O4/c1-17(2)19-5-11-22(12-6-19)30-18(3)23(27)25-13-15-26(16-14-25)24(28)20-7-9-21(29-4)10-8-20/h5-12,17-18H,13-16H2,1-4H3. The summed E-state index contributed by atoms with van der Waals surface area (Å²) < 4.78 is 11.0. The molecule has 0 saturated carbocycles. The maximum Gasteiger partial charge on any atom is 0.263 e. The minimum Gasteiger partial charge on any atom is -0.497 e. The van der Waals surface area contributed by atoms with Crippen LogP contribution in [0.25, 0.3) is 0 Å². The molecule has 160 valence electrons. The lowest BCUT2D eigenvalue weighted by Crippen LogP contribution is -2.53. The van der Waals surface area contributed by atoms with E-state index >= 15 is 0 Å². The molecule has 6 heteroatoms. The summed E-state index contributed by atoms with van der Waals surface area (Å²) in [5.74, 6) is 1.78. The molecule has 2 aromatic carbocycles. The molecule has 1 atom stereocenters. The van der Waals surface area contributed by atoms with Gasteiger partial charge in [-0.2, -0.15) is 0 Å². The smallest absolute Gasteiger partial charge is 0.263 e. The van der Waals surface area contributed by atoms with Gasteiger partial charge in [-0.1, -0.05) is 26.0 Å². The van der Waals surface area contributed by atoms with Crippen molar-refractivity contribution in [1.82, 2.24) is 9.80 Å². The molecular formula is C24H30N2O4. The zero-order valence-corrected chi connectivity index (χ0v) is 18.1. The largest absolute Gasteiger partial charge is 0.497 e. The molecule has 1 fully saturated rings. The lowest BCUT2D eigenvalue weighted by Gasteiger charge is -2.36. The summed E-state index contributed by atoms with van der Waals surface area (Å²) in [5.41, 5.74) is 1.86. The van der Waals surface area contributed by atoms with Crippen molar-refractivity contribution in [2.24, 2.45) is 0 Å². The predicted octanol–water partition coefficient (Wildman–Crippen LogP) is 3.57. The van der Waals surface area contributed by atoms with Crippen LogP contribution in [0.5, 0.6) is 11.5 Å². The van der Waals surface area contributed by atoms with Crippen molar-refractivity contribution < 1.29 is 19.1 Å². The molecule has 1 aliphatic rings. The van der Waals surface area contributed by atoms with E-state index < -0.39 is 6.10 Å². The first-order valence-corrected chi connectivity index (χ1v) is 10.4. The first-order valence-electron chi connectivity index (χ1n) is 10.4. The van der Waals surface area contributed by atoms with E-state index in [2.05, 4.69) is 13.8 Å². The van der Waals surface area contributed by atoms with Gasteiger partial charge in [-0.15, -0.1) is 0 Å². The van der Waals surface area contributed by atoms with Gasteiger partial charge in [0, 0.05) is 31.7 Å². The van der Waals surface area contributed by atoms with Crippen LogP contribution >= 0.6 is 0 Å². The third-order valence-electron chi connectivity index (χ3n) is 5.42. The molecule has 2 amide bonds. The summed E-state index contributed by atoms with van der Waals surface area (Å²) in [5, 5.41) is 0. The van der Waals surface area contributed by atoms with E-state index in [1.807, 2.05) is 24.3 Å². The van der Waals surface area contributed by atoms with E-state index in [4.69, 9.17) is 9.47 Å². The van der Waals surface area contributed by atoms with Crippen LogP contribution in [0.2, 0.25) is 0 Å². The number of hydrogen-bond donors (Lipinski definition) is 0. The molecule has 0 spiro atoms. The maximum absolute atomic E-state index is 12.8. The summed E-state index contributed by atoms with van der Waals surface area (Å²) in [6.45, 7) is 8.07. The van der Waals surface area contributed by atoms with Crippen molar-refractivity contribution in [3.63, 3.8) is 0 Å².